The van der Waals surface area contributed by atoms with Gasteiger partial charge in [0.25, 0.3) is 11.3 Å². The lowest BCUT2D eigenvalue weighted by Gasteiger charge is -2.63. The second kappa shape index (κ2) is 12.4. The number of nitrogens with zero attached hydrogens (tertiary/aromatic N) is 1. The normalized spacial score (nSPS) is 29.3. The standard InChI is InChI=1S/C10F18.C9F21N/c11-1-2(12,5(17,18)9(25,26)7(21,22)3(1,13)14)6(19,20)10(27,28)8(23,24)4(1,15)16;10-1(11,4(16,17)18)7(25,26)31(8(27,28)2(12,13)5(19,20)21)9(29,30)3(14,15)6(22,23)24/t1-,2+;. The third-order valence-electron chi connectivity index (χ3n) is 7.62. The quantitative estimate of drug-likeness (QED) is 0.189. The van der Waals surface area contributed by atoms with Crippen molar-refractivity contribution in [1.29, 1.82) is 0 Å². The van der Waals surface area contributed by atoms with Crippen LogP contribution >= 0.6 is 0 Å². The summed E-state index contributed by atoms with van der Waals surface area (Å²) in [5, 5.41) is 0. The van der Waals surface area contributed by atoms with Crippen LogP contribution in [0.25, 0.3) is 0 Å². The van der Waals surface area contributed by atoms with Crippen LogP contribution in [-0.4, -0.2) is 118 Å². The van der Waals surface area contributed by atoms with Gasteiger partial charge in [-0.05, 0) is 0 Å². The molecule has 354 valence electrons. The third kappa shape index (κ3) is 5.53. The van der Waals surface area contributed by atoms with Gasteiger partial charge in [0, 0.05) is 0 Å². The number of alkyl halides is 39. The van der Waals surface area contributed by atoms with Crippen molar-refractivity contribution >= 4 is 0 Å². The largest absolute Gasteiger partial charge is 0.461 e. The van der Waals surface area contributed by atoms with E-state index in [4.69, 9.17) is 0 Å². The summed E-state index contributed by atoms with van der Waals surface area (Å²) in [5.41, 5.74) is -17.3. The topological polar surface area (TPSA) is 3.24 Å². The highest BCUT2D eigenvalue weighted by atomic mass is 19.5. The van der Waals surface area contributed by atoms with Gasteiger partial charge in [0.2, 0.25) is 0 Å². The van der Waals surface area contributed by atoms with Gasteiger partial charge in [-0.2, -0.15) is 162 Å². The van der Waals surface area contributed by atoms with E-state index in [0.717, 1.165) is 0 Å². The maximum atomic E-state index is 14.2. The Kier molecular flexibility index (Phi) is 11.4. The molecule has 2 rings (SSSR count). The van der Waals surface area contributed by atoms with Crippen molar-refractivity contribution < 1.29 is 171 Å². The van der Waals surface area contributed by atoms with Crippen molar-refractivity contribution in [3.8, 4) is 0 Å². The molecule has 0 atom stereocenters. The Bertz CT molecular complexity index is 1380. The fraction of sp³-hybridized carbons (Fsp3) is 1.00. The van der Waals surface area contributed by atoms with Crippen LogP contribution < -0.4 is 0 Å². The van der Waals surface area contributed by atoms with E-state index in [1.54, 1.807) is 0 Å². The fourth-order valence-electron chi connectivity index (χ4n) is 4.38. The molecule has 0 amide bonds. The molecule has 0 aromatic heterocycles. The first-order chi connectivity index (χ1) is 24.6. The van der Waals surface area contributed by atoms with Gasteiger partial charge in [-0.25, -0.2) is 8.78 Å². The summed E-state index contributed by atoms with van der Waals surface area (Å²) in [4.78, 5) is -5.46. The van der Waals surface area contributed by atoms with Gasteiger partial charge in [-0.3, -0.25) is 0 Å². The van der Waals surface area contributed by atoms with Gasteiger partial charge in [-0.15, -0.1) is 4.90 Å². The fourth-order valence-corrected chi connectivity index (χ4v) is 4.38. The van der Waals surface area contributed by atoms with Gasteiger partial charge in [0.15, 0.2) is 0 Å². The van der Waals surface area contributed by atoms with Crippen molar-refractivity contribution in [2.75, 3.05) is 0 Å². The van der Waals surface area contributed by atoms with Gasteiger partial charge in [0.1, 0.15) is 0 Å². The molecule has 40 heteroatoms. The van der Waals surface area contributed by atoms with Crippen LogP contribution in [0.3, 0.4) is 0 Å². The lowest BCUT2D eigenvalue weighted by atomic mass is 9.54. The molecule has 2 aliphatic rings. The zero-order valence-electron chi connectivity index (χ0n) is 24.7. The first kappa shape index (κ1) is 54.2. The van der Waals surface area contributed by atoms with Crippen molar-refractivity contribution in [2.24, 2.45) is 0 Å². The van der Waals surface area contributed by atoms with E-state index in [2.05, 4.69) is 0 Å². The van der Waals surface area contributed by atoms with Crippen molar-refractivity contribution in [3.63, 3.8) is 0 Å². The SMILES string of the molecule is FC(F)(F)C(F)(F)C(F)(F)N(C(F)(F)C(F)(F)C(F)(F)F)C(F)(F)C(F)(F)C(F)(F)F.FC1(F)C(F)(F)C(F)(F)[C@]2(F)C(F)(F)C(F)(F)C(F)(F)C(F)(F)[C@]2(F)C1(F)F. The van der Waals surface area contributed by atoms with Gasteiger partial charge in [0.05, 0.1) is 0 Å². The lowest BCUT2D eigenvalue weighted by Crippen LogP contribution is -2.98. The second-order valence-electron chi connectivity index (χ2n) is 11.1. The molecule has 2 aliphatic carbocycles. The highest BCUT2D eigenvalue weighted by molar-refractivity contribution is 5.42. The van der Waals surface area contributed by atoms with E-state index in [1.165, 1.54) is 0 Å². The molecule has 0 heterocycles. The zero-order valence-corrected chi connectivity index (χ0v) is 24.7. The van der Waals surface area contributed by atoms with Gasteiger partial charge >= 0.3 is 102 Å². The molecule has 0 aromatic carbocycles. The van der Waals surface area contributed by atoms with Crippen LogP contribution in [0.4, 0.5) is 171 Å². The summed E-state index contributed by atoms with van der Waals surface area (Å²) < 4.78 is 504. The average Bonchev–Trinajstić information content (AvgIpc) is 2.96. The molecule has 2 fully saturated rings. The number of hydrogen-bond acceptors (Lipinski definition) is 1. The molecule has 0 aliphatic heterocycles. The minimum absolute atomic E-state index is 5.46. The van der Waals surface area contributed by atoms with E-state index in [9.17, 15) is 171 Å². The van der Waals surface area contributed by atoms with E-state index >= 15 is 0 Å². The predicted octanol–water partition coefficient (Wildman–Crippen LogP) is 12.2. The van der Waals surface area contributed by atoms with E-state index < -0.39 is 118 Å². The van der Waals surface area contributed by atoms with Crippen LogP contribution in [0.1, 0.15) is 0 Å². The Hall–Kier alpha value is -2.77. The Labute approximate surface area is 291 Å². The van der Waals surface area contributed by atoms with Gasteiger partial charge in [-0.1, -0.05) is 0 Å². The third-order valence-corrected chi connectivity index (χ3v) is 7.62. The number of fused-ring (bicyclic) bond motifs is 1. The minimum atomic E-state index is -8.97. The monoisotopic (exact) mass is 983 g/mol. The highest BCUT2D eigenvalue weighted by Gasteiger charge is 3.15. The molecule has 0 radical (unpaired) electrons. The summed E-state index contributed by atoms with van der Waals surface area (Å²) in [6.07, 6.45) is -24.4. The van der Waals surface area contributed by atoms with Gasteiger partial charge < -0.3 is 0 Å². The molecule has 59 heavy (non-hydrogen) atoms. The molecule has 0 spiro atoms. The predicted molar refractivity (Wildman–Crippen MR) is 96.9 cm³/mol. The Morgan fingerprint density at radius 3 is 0.424 bits per heavy atom. The van der Waals surface area contributed by atoms with Crippen molar-refractivity contribution in [3.05, 3.63) is 0 Å². The first-order valence-corrected chi connectivity index (χ1v) is 12.3. The van der Waals surface area contributed by atoms with Crippen LogP contribution in [0.5, 0.6) is 0 Å². The smallest absolute Gasteiger partial charge is 0.226 e. The second-order valence-corrected chi connectivity index (χ2v) is 11.1. The minimum Gasteiger partial charge on any atom is -0.226 e. The zero-order chi connectivity index (χ0) is 49.1. The number of rotatable bonds is 6. The van der Waals surface area contributed by atoms with Crippen molar-refractivity contribution in [1.82, 2.24) is 4.90 Å². The van der Waals surface area contributed by atoms with Crippen LogP contribution in [0.15, 0.2) is 0 Å². The van der Waals surface area contributed by atoms with Crippen LogP contribution in [0, 0.1) is 0 Å². The average molecular weight is 983 g/mol. The molecule has 2 saturated carbocycles. The van der Waals surface area contributed by atoms with E-state index in [0.29, 0.717) is 0 Å². The molecular weight excluding hydrogens is 983 g/mol. The van der Waals surface area contributed by atoms with Crippen LogP contribution in [-0.2, 0) is 0 Å². The maximum Gasteiger partial charge on any atom is 0.461 e. The summed E-state index contributed by atoms with van der Waals surface area (Å²) in [7, 11) is 0. The highest BCUT2D eigenvalue weighted by Crippen LogP contribution is 2.81. The summed E-state index contributed by atoms with van der Waals surface area (Å²) in [6.45, 7) is 0. The molecule has 0 unspecified atom stereocenters. The summed E-state index contributed by atoms with van der Waals surface area (Å²) in [5.74, 6) is -92.7. The Morgan fingerprint density at radius 2 is 0.322 bits per heavy atom. The Balaban J connectivity index is 0.000000592. The Morgan fingerprint density at radius 1 is 0.203 bits per heavy atom. The first-order valence-electron chi connectivity index (χ1n) is 12.3. The molecule has 0 saturated heterocycles. The van der Waals surface area contributed by atoms with E-state index in [1.807, 2.05) is 0 Å². The van der Waals surface area contributed by atoms with E-state index in [-0.39, 0.29) is 0 Å². The van der Waals surface area contributed by atoms with Crippen molar-refractivity contribution in [2.45, 2.75) is 113 Å². The summed E-state index contributed by atoms with van der Waals surface area (Å²) >= 11 is 0. The molecule has 0 bridgehead atoms. The number of hydrogen-bond donors (Lipinski definition) is 0. The number of halogens is 39. The van der Waals surface area contributed by atoms with Crippen LogP contribution in [0.2, 0.25) is 0 Å². The summed E-state index contributed by atoms with van der Waals surface area (Å²) in [6, 6.07) is -26.9. The molecular formula is C19F39N. The molecule has 0 N–H and O–H groups in total. The molecule has 1 nitrogen and oxygen atoms in total. The maximum absolute atomic E-state index is 14.2. The molecule has 0 aromatic rings. The lowest BCUT2D eigenvalue weighted by molar-refractivity contribution is -0.560.